The van der Waals surface area contributed by atoms with Gasteiger partial charge in [0.1, 0.15) is 0 Å². The SMILES string of the molecule is CS(=O)(=O)c1cnc2[nH]ncc2c1. The normalized spacial score (nSPS) is 12.1. The van der Waals surface area contributed by atoms with Gasteiger partial charge in [0, 0.05) is 17.8 Å². The molecule has 2 aromatic heterocycles. The third-order valence-corrected chi connectivity index (χ3v) is 2.77. The van der Waals surface area contributed by atoms with Crippen molar-refractivity contribution in [1.29, 1.82) is 0 Å². The molecule has 0 spiro atoms. The predicted molar refractivity (Wildman–Crippen MR) is 47.0 cm³/mol. The quantitative estimate of drug-likeness (QED) is 0.716. The summed E-state index contributed by atoms with van der Waals surface area (Å²) in [6.45, 7) is 0. The molecule has 0 aliphatic heterocycles. The minimum absolute atomic E-state index is 0.210. The number of H-pyrrole nitrogens is 1. The molecule has 2 heterocycles. The summed E-state index contributed by atoms with van der Waals surface area (Å²) in [5, 5.41) is 7.08. The third-order valence-electron chi connectivity index (χ3n) is 1.69. The lowest BCUT2D eigenvalue weighted by molar-refractivity contribution is 0.601. The Morgan fingerprint density at radius 3 is 2.85 bits per heavy atom. The summed E-state index contributed by atoms with van der Waals surface area (Å²) in [6.07, 6.45) is 4.00. The highest BCUT2D eigenvalue weighted by Crippen LogP contribution is 2.13. The summed E-state index contributed by atoms with van der Waals surface area (Å²) in [7, 11) is -3.18. The Labute approximate surface area is 74.7 Å². The molecule has 0 aliphatic rings. The number of hydrogen-bond acceptors (Lipinski definition) is 4. The fourth-order valence-corrected chi connectivity index (χ4v) is 1.60. The molecule has 0 fully saturated rings. The monoisotopic (exact) mass is 197 g/mol. The number of nitrogens with zero attached hydrogens (tertiary/aromatic N) is 2. The zero-order chi connectivity index (χ0) is 9.47. The Morgan fingerprint density at radius 1 is 1.38 bits per heavy atom. The number of aromatic nitrogens is 3. The number of rotatable bonds is 1. The van der Waals surface area contributed by atoms with Gasteiger partial charge >= 0.3 is 0 Å². The highest BCUT2D eigenvalue weighted by Gasteiger charge is 2.08. The van der Waals surface area contributed by atoms with Crippen LogP contribution in [0.15, 0.2) is 23.4 Å². The van der Waals surface area contributed by atoms with Crippen molar-refractivity contribution in [2.75, 3.05) is 6.26 Å². The van der Waals surface area contributed by atoms with Gasteiger partial charge in [-0.15, -0.1) is 0 Å². The molecule has 0 saturated carbocycles. The first kappa shape index (κ1) is 8.18. The van der Waals surface area contributed by atoms with Crippen molar-refractivity contribution in [2.45, 2.75) is 4.90 Å². The van der Waals surface area contributed by atoms with Crippen molar-refractivity contribution in [3.8, 4) is 0 Å². The predicted octanol–water partition coefficient (Wildman–Crippen LogP) is 0.361. The van der Waals surface area contributed by atoms with Gasteiger partial charge in [0.25, 0.3) is 0 Å². The van der Waals surface area contributed by atoms with Crippen molar-refractivity contribution in [3.63, 3.8) is 0 Å². The molecule has 0 unspecified atom stereocenters. The van der Waals surface area contributed by atoms with E-state index >= 15 is 0 Å². The van der Waals surface area contributed by atoms with E-state index < -0.39 is 9.84 Å². The molecular weight excluding hydrogens is 190 g/mol. The van der Waals surface area contributed by atoms with Crippen LogP contribution < -0.4 is 0 Å². The first-order valence-electron chi connectivity index (χ1n) is 3.56. The van der Waals surface area contributed by atoms with E-state index in [1.165, 1.54) is 12.4 Å². The summed E-state index contributed by atoms with van der Waals surface area (Å²) in [4.78, 5) is 4.12. The van der Waals surface area contributed by atoms with Gasteiger partial charge in [0.2, 0.25) is 0 Å². The molecule has 13 heavy (non-hydrogen) atoms. The van der Waals surface area contributed by atoms with Gasteiger partial charge in [0.15, 0.2) is 15.5 Å². The minimum Gasteiger partial charge on any atom is -0.261 e. The maximum Gasteiger partial charge on any atom is 0.177 e. The lowest BCUT2D eigenvalue weighted by Gasteiger charge is -1.95. The van der Waals surface area contributed by atoms with Gasteiger partial charge < -0.3 is 0 Å². The van der Waals surface area contributed by atoms with Crippen LogP contribution in [-0.2, 0) is 9.84 Å². The van der Waals surface area contributed by atoms with E-state index in [-0.39, 0.29) is 4.90 Å². The maximum absolute atomic E-state index is 11.1. The summed E-state index contributed by atoms with van der Waals surface area (Å²) in [5.41, 5.74) is 0.590. The van der Waals surface area contributed by atoms with Crippen LogP contribution in [0.4, 0.5) is 0 Å². The molecule has 0 atom stereocenters. The van der Waals surface area contributed by atoms with Gasteiger partial charge in [-0.3, -0.25) is 5.10 Å². The highest BCUT2D eigenvalue weighted by atomic mass is 32.2. The molecule has 0 radical (unpaired) electrons. The van der Waals surface area contributed by atoms with Crippen molar-refractivity contribution in [2.24, 2.45) is 0 Å². The number of sulfone groups is 1. The average Bonchev–Trinajstić information content (AvgIpc) is 2.47. The summed E-state index contributed by atoms with van der Waals surface area (Å²) >= 11 is 0. The summed E-state index contributed by atoms with van der Waals surface area (Å²) in [5.74, 6) is 0. The summed E-state index contributed by atoms with van der Waals surface area (Å²) in [6, 6.07) is 1.54. The van der Waals surface area contributed by atoms with Crippen molar-refractivity contribution < 1.29 is 8.42 Å². The fraction of sp³-hybridized carbons (Fsp3) is 0.143. The lowest BCUT2D eigenvalue weighted by Crippen LogP contribution is -1.97. The van der Waals surface area contributed by atoms with Crippen LogP contribution in [0.3, 0.4) is 0 Å². The number of hydrogen-bond donors (Lipinski definition) is 1. The van der Waals surface area contributed by atoms with E-state index in [2.05, 4.69) is 15.2 Å². The van der Waals surface area contributed by atoms with E-state index in [1.54, 1.807) is 6.07 Å². The minimum atomic E-state index is -3.18. The topological polar surface area (TPSA) is 75.7 Å². The van der Waals surface area contributed by atoms with Gasteiger partial charge in [0.05, 0.1) is 11.1 Å². The van der Waals surface area contributed by atoms with Crippen LogP contribution in [0.2, 0.25) is 0 Å². The Balaban J connectivity index is 2.75. The second kappa shape index (κ2) is 2.53. The van der Waals surface area contributed by atoms with Crippen molar-refractivity contribution in [1.82, 2.24) is 15.2 Å². The third kappa shape index (κ3) is 1.40. The molecule has 1 N–H and O–H groups in total. The standard InChI is InChI=1S/C7H7N3O2S/c1-13(11,12)6-2-5-3-9-10-7(5)8-4-6/h2-4H,1H3,(H,8,9,10). The largest absolute Gasteiger partial charge is 0.261 e. The molecule has 0 saturated heterocycles. The Kier molecular flexibility index (Phi) is 1.59. The Hall–Kier alpha value is -1.43. The first-order valence-corrected chi connectivity index (χ1v) is 5.46. The van der Waals surface area contributed by atoms with E-state index in [9.17, 15) is 8.42 Å². The van der Waals surface area contributed by atoms with Crippen LogP contribution in [0.1, 0.15) is 0 Å². The highest BCUT2D eigenvalue weighted by molar-refractivity contribution is 7.90. The van der Waals surface area contributed by atoms with E-state index in [1.807, 2.05) is 0 Å². The van der Waals surface area contributed by atoms with Gasteiger partial charge in [-0.05, 0) is 6.07 Å². The molecule has 6 heteroatoms. The Morgan fingerprint density at radius 2 is 2.15 bits per heavy atom. The second-order valence-electron chi connectivity index (χ2n) is 2.75. The number of pyridine rings is 1. The second-order valence-corrected chi connectivity index (χ2v) is 4.77. The molecule has 0 aliphatic carbocycles. The zero-order valence-corrected chi connectivity index (χ0v) is 7.67. The first-order chi connectivity index (χ1) is 6.07. The van der Waals surface area contributed by atoms with Crippen molar-refractivity contribution >= 4 is 20.9 Å². The molecule has 0 aromatic carbocycles. The number of aromatic amines is 1. The van der Waals surface area contributed by atoms with Crippen LogP contribution in [0, 0.1) is 0 Å². The van der Waals surface area contributed by atoms with E-state index in [4.69, 9.17) is 0 Å². The van der Waals surface area contributed by atoms with Gasteiger partial charge in [-0.1, -0.05) is 0 Å². The molecule has 5 nitrogen and oxygen atoms in total. The molecule has 0 amide bonds. The molecular formula is C7H7N3O2S. The zero-order valence-electron chi connectivity index (χ0n) is 6.85. The molecule has 2 aromatic rings. The molecule has 68 valence electrons. The maximum atomic E-state index is 11.1. The smallest absolute Gasteiger partial charge is 0.177 e. The van der Waals surface area contributed by atoms with E-state index in [0.29, 0.717) is 11.0 Å². The fourth-order valence-electron chi connectivity index (χ4n) is 1.02. The Bertz CT molecular complexity index is 544. The average molecular weight is 197 g/mol. The van der Waals surface area contributed by atoms with Gasteiger partial charge in [-0.25, -0.2) is 13.4 Å². The van der Waals surface area contributed by atoms with Crippen LogP contribution in [0.25, 0.3) is 11.0 Å². The van der Waals surface area contributed by atoms with Crippen LogP contribution in [0.5, 0.6) is 0 Å². The number of fused-ring (bicyclic) bond motifs is 1. The summed E-state index contributed by atoms with van der Waals surface area (Å²) < 4.78 is 22.3. The molecule has 0 bridgehead atoms. The number of nitrogens with one attached hydrogen (secondary N) is 1. The van der Waals surface area contributed by atoms with Gasteiger partial charge in [-0.2, -0.15) is 5.10 Å². The van der Waals surface area contributed by atoms with Crippen LogP contribution in [-0.4, -0.2) is 29.9 Å². The van der Waals surface area contributed by atoms with Crippen molar-refractivity contribution in [3.05, 3.63) is 18.5 Å². The van der Waals surface area contributed by atoms with E-state index in [0.717, 1.165) is 6.26 Å². The lowest BCUT2D eigenvalue weighted by atomic mass is 10.4. The molecule has 2 rings (SSSR count). The van der Waals surface area contributed by atoms with Crippen LogP contribution >= 0.6 is 0 Å².